The van der Waals surface area contributed by atoms with Crippen molar-refractivity contribution >= 4 is 0 Å². The molecule has 0 bridgehead atoms. The van der Waals surface area contributed by atoms with Crippen molar-refractivity contribution in [2.75, 3.05) is 13.7 Å². The molecule has 3 rings (SSSR count). The fourth-order valence-corrected chi connectivity index (χ4v) is 3.06. The van der Waals surface area contributed by atoms with E-state index in [0.717, 1.165) is 12.5 Å². The lowest BCUT2D eigenvalue weighted by Gasteiger charge is -2.27. The first kappa shape index (κ1) is 12.2. The smallest absolute Gasteiger partial charge is 0.0828 e. The van der Waals surface area contributed by atoms with Gasteiger partial charge in [-0.1, -0.05) is 24.3 Å². The van der Waals surface area contributed by atoms with Gasteiger partial charge in [-0.15, -0.1) is 0 Å². The third kappa shape index (κ3) is 2.60. The number of hydrogen-bond acceptors (Lipinski definition) is 2. The summed E-state index contributed by atoms with van der Waals surface area (Å²) in [5.74, 6) is 0.855. The van der Waals surface area contributed by atoms with E-state index in [9.17, 15) is 0 Å². The van der Waals surface area contributed by atoms with E-state index in [0.29, 0.717) is 12.1 Å². The highest BCUT2D eigenvalue weighted by Crippen LogP contribution is 2.35. The van der Waals surface area contributed by atoms with E-state index in [1.165, 1.54) is 43.2 Å². The monoisotopic (exact) mass is 245 g/mol. The number of benzene rings is 1. The topological polar surface area (TPSA) is 21.3 Å². The minimum absolute atomic E-state index is 0.324. The van der Waals surface area contributed by atoms with E-state index in [1.807, 2.05) is 0 Å². The summed E-state index contributed by atoms with van der Waals surface area (Å²) in [5, 5.41) is 3.40. The molecule has 0 aromatic heterocycles. The zero-order valence-electron chi connectivity index (χ0n) is 11.2. The predicted molar refractivity (Wildman–Crippen MR) is 73.6 cm³/mol. The van der Waals surface area contributed by atoms with Crippen molar-refractivity contribution in [1.82, 2.24) is 5.32 Å². The second kappa shape index (κ2) is 5.41. The first-order chi connectivity index (χ1) is 8.88. The minimum atomic E-state index is 0.324. The Balaban J connectivity index is 1.63. The molecule has 2 aliphatic carbocycles. The van der Waals surface area contributed by atoms with Crippen LogP contribution in [-0.4, -0.2) is 19.7 Å². The van der Waals surface area contributed by atoms with Crippen molar-refractivity contribution in [2.24, 2.45) is 5.92 Å². The molecule has 2 heteroatoms. The average molecular weight is 245 g/mol. The summed E-state index contributed by atoms with van der Waals surface area (Å²) in [6.45, 7) is 0.861. The second-order valence-electron chi connectivity index (χ2n) is 5.65. The maximum absolute atomic E-state index is 6.20. The normalized spacial score (nSPS) is 24.6. The van der Waals surface area contributed by atoms with E-state index in [1.54, 1.807) is 0 Å². The quantitative estimate of drug-likeness (QED) is 0.860. The van der Waals surface area contributed by atoms with Gasteiger partial charge in [-0.3, -0.25) is 0 Å². The van der Waals surface area contributed by atoms with Crippen LogP contribution in [-0.2, 0) is 11.2 Å². The van der Waals surface area contributed by atoms with E-state index in [-0.39, 0.29) is 0 Å². The molecular weight excluding hydrogens is 222 g/mol. The van der Waals surface area contributed by atoms with Gasteiger partial charge in [0.15, 0.2) is 0 Å². The first-order valence-corrected chi connectivity index (χ1v) is 7.25. The molecule has 2 nitrogen and oxygen atoms in total. The highest BCUT2D eigenvalue weighted by atomic mass is 16.5. The Morgan fingerprint density at radius 2 is 2.11 bits per heavy atom. The molecule has 0 aliphatic heterocycles. The lowest BCUT2D eigenvalue weighted by atomic mass is 9.89. The molecule has 0 amide bonds. The standard InChI is InChI=1S/C16H23NO/c1-17-15(13-9-10-13)11-18-16-8-4-6-12-5-2-3-7-14(12)16/h2-3,5,7,13,15-17H,4,6,8-11H2,1H3. The minimum Gasteiger partial charge on any atom is -0.372 e. The van der Waals surface area contributed by atoms with Gasteiger partial charge >= 0.3 is 0 Å². The van der Waals surface area contributed by atoms with Crippen molar-refractivity contribution < 1.29 is 4.74 Å². The van der Waals surface area contributed by atoms with Crippen LogP contribution >= 0.6 is 0 Å². The number of ether oxygens (including phenoxy) is 1. The van der Waals surface area contributed by atoms with Gasteiger partial charge in [0.25, 0.3) is 0 Å². The van der Waals surface area contributed by atoms with E-state index in [2.05, 4.69) is 36.6 Å². The Hall–Kier alpha value is -0.860. The first-order valence-electron chi connectivity index (χ1n) is 7.25. The Bertz CT molecular complexity index is 400. The lowest BCUT2D eigenvalue weighted by molar-refractivity contribution is 0.0243. The number of nitrogens with one attached hydrogen (secondary N) is 1. The molecule has 2 aliphatic rings. The van der Waals surface area contributed by atoms with Crippen molar-refractivity contribution in [1.29, 1.82) is 0 Å². The van der Waals surface area contributed by atoms with E-state index in [4.69, 9.17) is 4.74 Å². The molecule has 18 heavy (non-hydrogen) atoms. The molecule has 0 radical (unpaired) electrons. The Morgan fingerprint density at radius 1 is 1.28 bits per heavy atom. The van der Waals surface area contributed by atoms with Crippen molar-refractivity contribution in [3.8, 4) is 0 Å². The van der Waals surface area contributed by atoms with E-state index >= 15 is 0 Å². The molecule has 0 heterocycles. The summed E-state index contributed by atoms with van der Waals surface area (Å²) < 4.78 is 6.20. The van der Waals surface area contributed by atoms with Gasteiger partial charge in [-0.05, 0) is 56.2 Å². The van der Waals surface area contributed by atoms with Crippen LogP contribution in [0.2, 0.25) is 0 Å². The summed E-state index contributed by atoms with van der Waals surface area (Å²) >= 11 is 0. The summed E-state index contributed by atoms with van der Waals surface area (Å²) in [5.41, 5.74) is 2.91. The second-order valence-corrected chi connectivity index (χ2v) is 5.65. The Morgan fingerprint density at radius 3 is 2.89 bits per heavy atom. The third-order valence-corrected chi connectivity index (χ3v) is 4.35. The van der Waals surface area contributed by atoms with Crippen molar-refractivity contribution in [3.05, 3.63) is 35.4 Å². The van der Waals surface area contributed by atoms with Crippen LogP contribution in [0.5, 0.6) is 0 Å². The maximum atomic E-state index is 6.20. The molecule has 1 saturated carbocycles. The summed E-state index contributed by atoms with van der Waals surface area (Å²) in [6.07, 6.45) is 6.72. The van der Waals surface area contributed by atoms with Crippen LogP contribution in [0, 0.1) is 5.92 Å². The summed E-state index contributed by atoms with van der Waals surface area (Å²) in [7, 11) is 2.06. The number of fused-ring (bicyclic) bond motifs is 1. The number of rotatable bonds is 5. The van der Waals surface area contributed by atoms with E-state index < -0.39 is 0 Å². The van der Waals surface area contributed by atoms with Gasteiger partial charge in [-0.2, -0.15) is 0 Å². The highest BCUT2D eigenvalue weighted by molar-refractivity contribution is 5.31. The number of hydrogen-bond donors (Lipinski definition) is 1. The third-order valence-electron chi connectivity index (χ3n) is 4.35. The van der Waals surface area contributed by atoms with Gasteiger partial charge in [0.1, 0.15) is 0 Å². The average Bonchev–Trinajstić information content (AvgIpc) is 3.24. The Labute approximate surface area is 110 Å². The SMILES string of the molecule is CNC(COC1CCCc2ccccc21)C1CC1. The van der Waals surface area contributed by atoms with Gasteiger partial charge in [0, 0.05) is 6.04 Å². The molecule has 98 valence electrons. The van der Waals surface area contributed by atoms with Gasteiger partial charge in [0.2, 0.25) is 0 Å². The molecule has 0 spiro atoms. The summed E-state index contributed by atoms with van der Waals surface area (Å²) in [4.78, 5) is 0. The van der Waals surface area contributed by atoms with Crippen molar-refractivity contribution in [2.45, 2.75) is 44.2 Å². The molecule has 2 atom stereocenters. The molecule has 1 aromatic carbocycles. The molecule has 0 saturated heterocycles. The van der Waals surface area contributed by atoms with Crippen LogP contribution in [0.3, 0.4) is 0 Å². The van der Waals surface area contributed by atoms with Crippen LogP contribution in [0.25, 0.3) is 0 Å². The zero-order chi connectivity index (χ0) is 12.4. The fraction of sp³-hybridized carbons (Fsp3) is 0.625. The highest BCUT2D eigenvalue weighted by Gasteiger charge is 2.31. The van der Waals surface area contributed by atoms with Crippen LogP contribution in [0.15, 0.2) is 24.3 Å². The Kier molecular flexibility index (Phi) is 3.67. The molecule has 2 unspecified atom stereocenters. The largest absolute Gasteiger partial charge is 0.372 e. The fourth-order valence-electron chi connectivity index (χ4n) is 3.06. The van der Waals surface area contributed by atoms with Gasteiger partial charge in [0.05, 0.1) is 12.7 Å². The van der Waals surface area contributed by atoms with Crippen LogP contribution in [0.4, 0.5) is 0 Å². The number of likely N-dealkylation sites (N-methyl/N-ethyl adjacent to an activating group) is 1. The molecule has 1 fully saturated rings. The van der Waals surface area contributed by atoms with Crippen molar-refractivity contribution in [3.63, 3.8) is 0 Å². The molecule has 1 N–H and O–H groups in total. The summed E-state index contributed by atoms with van der Waals surface area (Å²) in [6, 6.07) is 9.32. The van der Waals surface area contributed by atoms with Crippen LogP contribution < -0.4 is 5.32 Å². The maximum Gasteiger partial charge on any atom is 0.0828 e. The van der Waals surface area contributed by atoms with Crippen LogP contribution in [0.1, 0.15) is 42.9 Å². The molecule has 1 aromatic rings. The predicted octanol–water partition coefficient (Wildman–Crippen LogP) is 3.08. The lowest BCUT2D eigenvalue weighted by Crippen LogP contribution is -2.33. The number of aryl methyl sites for hydroxylation is 1. The zero-order valence-corrected chi connectivity index (χ0v) is 11.2. The molecular formula is C16H23NO. The van der Waals surface area contributed by atoms with Gasteiger partial charge in [-0.25, -0.2) is 0 Å². The van der Waals surface area contributed by atoms with Gasteiger partial charge < -0.3 is 10.1 Å².